The highest BCUT2D eigenvalue weighted by molar-refractivity contribution is 6.30. The predicted octanol–water partition coefficient (Wildman–Crippen LogP) is 3.36. The van der Waals surface area contributed by atoms with Gasteiger partial charge in [0.2, 0.25) is 0 Å². The molecule has 1 saturated heterocycles. The molecule has 1 atom stereocenters. The van der Waals surface area contributed by atoms with Crippen LogP contribution in [0.3, 0.4) is 0 Å². The van der Waals surface area contributed by atoms with Gasteiger partial charge in [-0.05, 0) is 24.3 Å². The quantitative estimate of drug-likeness (QED) is 0.791. The Hall–Kier alpha value is -0.830. The molecule has 1 aromatic rings. The molecular weight excluding hydrogens is 227 g/mol. The summed E-state index contributed by atoms with van der Waals surface area (Å²) in [6.07, 6.45) is 2.62. The van der Waals surface area contributed by atoms with Gasteiger partial charge in [0.15, 0.2) is 11.6 Å². The molecule has 88 valence electrons. The Morgan fingerprint density at radius 2 is 2.31 bits per heavy atom. The minimum atomic E-state index is -0.322. The Morgan fingerprint density at radius 1 is 1.56 bits per heavy atom. The molecule has 0 radical (unpaired) electrons. The highest BCUT2D eigenvalue weighted by atomic mass is 35.5. The van der Waals surface area contributed by atoms with Crippen molar-refractivity contribution in [1.82, 2.24) is 4.98 Å². The molecule has 16 heavy (non-hydrogen) atoms. The number of hydrogen-bond acceptors (Lipinski definition) is 2. The monoisotopic (exact) mass is 242 g/mol. The highest BCUT2D eigenvalue weighted by Gasteiger charge is 2.27. The van der Waals surface area contributed by atoms with Crippen molar-refractivity contribution in [2.24, 2.45) is 11.8 Å². The fourth-order valence-corrected chi connectivity index (χ4v) is 2.31. The van der Waals surface area contributed by atoms with Gasteiger partial charge >= 0.3 is 0 Å². The van der Waals surface area contributed by atoms with Crippen LogP contribution in [0.2, 0.25) is 5.02 Å². The molecule has 1 fully saturated rings. The summed E-state index contributed by atoms with van der Waals surface area (Å²) in [5.74, 6) is 1.39. The molecule has 1 aromatic heterocycles. The number of hydrogen-bond donors (Lipinski definition) is 0. The van der Waals surface area contributed by atoms with E-state index < -0.39 is 0 Å². The molecule has 0 aliphatic carbocycles. The van der Waals surface area contributed by atoms with Crippen molar-refractivity contribution in [3.8, 4) is 0 Å². The molecule has 0 aromatic carbocycles. The van der Waals surface area contributed by atoms with E-state index in [1.54, 1.807) is 0 Å². The Bertz CT molecular complexity index is 381. The van der Waals surface area contributed by atoms with Gasteiger partial charge in [-0.2, -0.15) is 0 Å². The van der Waals surface area contributed by atoms with Crippen LogP contribution in [0.15, 0.2) is 12.3 Å². The van der Waals surface area contributed by atoms with Crippen LogP contribution in [0.1, 0.15) is 20.3 Å². The summed E-state index contributed by atoms with van der Waals surface area (Å²) in [5.41, 5.74) is 0. The minimum absolute atomic E-state index is 0.322. The molecular formula is C12H16ClFN2. The van der Waals surface area contributed by atoms with E-state index in [2.05, 4.69) is 18.8 Å². The molecule has 0 saturated carbocycles. The van der Waals surface area contributed by atoms with Crippen molar-refractivity contribution in [3.05, 3.63) is 23.1 Å². The Labute approximate surface area is 100 Å². The molecule has 0 N–H and O–H groups in total. The first kappa shape index (κ1) is 11.6. The largest absolute Gasteiger partial charge is 0.354 e. The van der Waals surface area contributed by atoms with Crippen molar-refractivity contribution in [2.75, 3.05) is 18.0 Å². The molecule has 2 nitrogen and oxygen atoms in total. The number of rotatable bonds is 2. The SMILES string of the molecule is CC(C)C1CCN(c2ncc(Cl)cc2F)C1. The van der Waals surface area contributed by atoms with Gasteiger partial charge < -0.3 is 4.90 Å². The molecule has 1 aliphatic rings. The van der Waals surface area contributed by atoms with E-state index in [1.165, 1.54) is 12.3 Å². The maximum absolute atomic E-state index is 13.6. The van der Waals surface area contributed by atoms with Crippen LogP contribution in [0.25, 0.3) is 0 Å². The summed E-state index contributed by atoms with van der Waals surface area (Å²) < 4.78 is 13.6. The third-order valence-electron chi connectivity index (χ3n) is 3.26. The standard InChI is InChI=1S/C12H16ClFN2/c1-8(2)9-3-4-16(7-9)12-11(14)5-10(13)6-15-12/h5-6,8-9H,3-4,7H2,1-2H3. The molecule has 0 bridgehead atoms. The summed E-state index contributed by atoms with van der Waals surface area (Å²) in [4.78, 5) is 6.08. The second-order valence-corrected chi connectivity index (χ2v) is 5.13. The maximum atomic E-state index is 13.6. The highest BCUT2D eigenvalue weighted by Crippen LogP contribution is 2.29. The molecule has 2 heterocycles. The second kappa shape index (κ2) is 4.58. The topological polar surface area (TPSA) is 16.1 Å². The smallest absolute Gasteiger partial charge is 0.167 e. The van der Waals surface area contributed by atoms with E-state index in [9.17, 15) is 4.39 Å². The average molecular weight is 243 g/mol. The van der Waals surface area contributed by atoms with Gasteiger partial charge in [-0.15, -0.1) is 0 Å². The van der Waals surface area contributed by atoms with Gasteiger partial charge in [0.05, 0.1) is 5.02 Å². The van der Waals surface area contributed by atoms with Gasteiger partial charge in [-0.1, -0.05) is 25.4 Å². The average Bonchev–Trinajstić information content (AvgIpc) is 2.66. The molecule has 1 unspecified atom stereocenters. The first-order valence-electron chi connectivity index (χ1n) is 5.64. The molecule has 2 rings (SSSR count). The molecule has 1 aliphatic heterocycles. The van der Waals surface area contributed by atoms with Crippen molar-refractivity contribution in [2.45, 2.75) is 20.3 Å². The van der Waals surface area contributed by atoms with Crippen LogP contribution >= 0.6 is 11.6 Å². The Morgan fingerprint density at radius 3 is 2.88 bits per heavy atom. The lowest BCUT2D eigenvalue weighted by Gasteiger charge is -2.19. The number of aromatic nitrogens is 1. The van der Waals surface area contributed by atoms with Gasteiger partial charge in [-0.3, -0.25) is 0 Å². The van der Waals surface area contributed by atoms with E-state index in [0.29, 0.717) is 22.7 Å². The van der Waals surface area contributed by atoms with E-state index >= 15 is 0 Å². The summed E-state index contributed by atoms with van der Waals surface area (Å²) >= 11 is 5.68. The summed E-state index contributed by atoms with van der Waals surface area (Å²) in [7, 11) is 0. The molecule has 0 spiro atoms. The third-order valence-corrected chi connectivity index (χ3v) is 3.46. The second-order valence-electron chi connectivity index (χ2n) is 4.70. The fraction of sp³-hybridized carbons (Fsp3) is 0.583. The zero-order chi connectivity index (χ0) is 11.7. The summed E-state index contributed by atoms with van der Waals surface area (Å²) in [6.45, 7) is 6.19. The van der Waals surface area contributed by atoms with Gasteiger partial charge in [-0.25, -0.2) is 9.37 Å². The van der Waals surface area contributed by atoms with E-state index in [1.807, 2.05) is 4.90 Å². The van der Waals surface area contributed by atoms with Gasteiger partial charge in [0, 0.05) is 19.3 Å². The summed E-state index contributed by atoms with van der Waals surface area (Å²) in [6, 6.07) is 1.33. The lowest BCUT2D eigenvalue weighted by molar-refractivity contribution is 0.422. The molecule has 4 heteroatoms. The van der Waals surface area contributed by atoms with Gasteiger partial charge in [0.25, 0.3) is 0 Å². The number of pyridine rings is 1. The number of halogens is 2. The van der Waals surface area contributed by atoms with Gasteiger partial charge in [0.1, 0.15) is 0 Å². The molecule has 0 amide bonds. The van der Waals surface area contributed by atoms with Crippen LogP contribution in [0, 0.1) is 17.7 Å². The van der Waals surface area contributed by atoms with Crippen LogP contribution < -0.4 is 4.90 Å². The third kappa shape index (κ3) is 2.29. The van der Waals surface area contributed by atoms with Crippen LogP contribution in [-0.4, -0.2) is 18.1 Å². The number of anilines is 1. The minimum Gasteiger partial charge on any atom is -0.354 e. The maximum Gasteiger partial charge on any atom is 0.167 e. The zero-order valence-corrected chi connectivity index (χ0v) is 10.3. The van der Waals surface area contributed by atoms with Crippen molar-refractivity contribution < 1.29 is 4.39 Å². The first-order chi connectivity index (χ1) is 7.58. The first-order valence-corrected chi connectivity index (χ1v) is 6.01. The fourth-order valence-electron chi connectivity index (χ4n) is 2.16. The van der Waals surface area contributed by atoms with Crippen LogP contribution in [-0.2, 0) is 0 Å². The Balaban J connectivity index is 2.14. The Kier molecular flexibility index (Phi) is 3.33. The van der Waals surface area contributed by atoms with Crippen molar-refractivity contribution in [1.29, 1.82) is 0 Å². The van der Waals surface area contributed by atoms with E-state index in [0.717, 1.165) is 19.5 Å². The van der Waals surface area contributed by atoms with E-state index in [-0.39, 0.29) is 5.82 Å². The van der Waals surface area contributed by atoms with Crippen LogP contribution in [0.5, 0.6) is 0 Å². The van der Waals surface area contributed by atoms with Crippen LogP contribution in [0.4, 0.5) is 10.2 Å². The van der Waals surface area contributed by atoms with Crippen molar-refractivity contribution >= 4 is 17.4 Å². The van der Waals surface area contributed by atoms with Crippen molar-refractivity contribution in [3.63, 3.8) is 0 Å². The summed E-state index contributed by atoms with van der Waals surface area (Å²) in [5, 5.41) is 0.348. The normalized spacial score (nSPS) is 20.8. The lowest BCUT2D eigenvalue weighted by Crippen LogP contribution is -2.23. The zero-order valence-electron chi connectivity index (χ0n) is 9.58. The lowest BCUT2D eigenvalue weighted by atomic mass is 9.95. The van der Waals surface area contributed by atoms with E-state index in [4.69, 9.17) is 11.6 Å². The number of nitrogens with zero attached hydrogens (tertiary/aromatic N) is 2. The predicted molar refractivity (Wildman–Crippen MR) is 64.4 cm³/mol.